The predicted molar refractivity (Wildman–Crippen MR) is 117 cm³/mol. The number of hydrogen-bond acceptors (Lipinski definition) is 4. The second-order valence-corrected chi connectivity index (χ2v) is 7.65. The van der Waals surface area contributed by atoms with Gasteiger partial charge in [-0.1, -0.05) is 36.4 Å². The molecule has 6 heteroatoms. The third kappa shape index (κ3) is 3.67. The van der Waals surface area contributed by atoms with Crippen molar-refractivity contribution < 1.29 is 14.0 Å². The molecule has 0 aliphatic heterocycles. The van der Waals surface area contributed by atoms with Crippen LogP contribution in [-0.2, 0) is 0 Å². The molecule has 4 aromatic rings. The van der Waals surface area contributed by atoms with Crippen molar-refractivity contribution in [1.82, 2.24) is 0 Å². The van der Waals surface area contributed by atoms with E-state index in [-0.39, 0.29) is 17.6 Å². The lowest BCUT2D eigenvalue weighted by atomic mass is 10.1. The zero-order valence-corrected chi connectivity index (χ0v) is 17.0. The first-order valence-electron chi connectivity index (χ1n) is 9.33. The first kappa shape index (κ1) is 19.0. The number of rotatable bonds is 5. The molecule has 5 nitrogen and oxygen atoms in total. The van der Waals surface area contributed by atoms with Crippen molar-refractivity contribution in [3.05, 3.63) is 83.1 Å². The summed E-state index contributed by atoms with van der Waals surface area (Å²) in [6.07, 6.45) is 1.45. The zero-order valence-electron chi connectivity index (χ0n) is 16.1. The Balaban J connectivity index is 1.64. The number of amides is 2. The van der Waals surface area contributed by atoms with Gasteiger partial charge in [0.1, 0.15) is 0 Å². The summed E-state index contributed by atoms with van der Waals surface area (Å²) in [5, 5.41) is 5.54. The molecular formula is C23H20N2O3S. The van der Waals surface area contributed by atoms with Gasteiger partial charge in [-0.25, -0.2) is 0 Å². The molecule has 0 saturated heterocycles. The van der Waals surface area contributed by atoms with E-state index in [1.54, 1.807) is 17.0 Å². The Hall–Kier alpha value is -3.38. The quantitative estimate of drug-likeness (QED) is 0.463. The van der Waals surface area contributed by atoms with Crippen LogP contribution in [0.4, 0.5) is 10.7 Å². The first-order valence-corrected chi connectivity index (χ1v) is 10.1. The molecule has 0 radical (unpaired) electrons. The summed E-state index contributed by atoms with van der Waals surface area (Å²) in [6.45, 7) is 4.38. The third-order valence-electron chi connectivity index (χ3n) is 4.71. The average Bonchev–Trinajstić information content (AvgIpc) is 3.38. The number of thiophene rings is 1. The number of benzene rings is 2. The number of hydrogen-bond donors (Lipinski definition) is 1. The summed E-state index contributed by atoms with van der Waals surface area (Å²) in [5.41, 5.74) is 1.71. The number of anilines is 2. The molecule has 29 heavy (non-hydrogen) atoms. The van der Waals surface area contributed by atoms with Gasteiger partial charge >= 0.3 is 0 Å². The van der Waals surface area contributed by atoms with Crippen LogP contribution in [0.25, 0.3) is 10.8 Å². The molecule has 0 spiro atoms. The van der Waals surface area contributed by atoms with Gasteiger partial charge in [0.15, 0.2) is 5.76 Å². The number of aryl methyl sites for hydroxylation is 1. The number of carbonyl (C=O) groups is 2. The molecule has 0 aliphatic carbocycles. The van der Waals surface area contributed by atoms with Gasteiger partial charge in [-0.3, -0.25) is 9.59 Å². The Morgan fingerprint density at radius 1 is 1.07 bits per heavy atom. The van der Waals surface area contributed by atoms with E-state index < -0.39 is 0 Å². The van der Waals surface area contributed by atoms with Crippen molar-refractivity contribution in [1.29, 1.82) is 0 Å². The van der Waals surface area contributed by atoms with E-state index in [1.165, 1.54) is 17.6 Å². The topological polar surface area (TPSA) is 62.6 Å². The maximum atomic E-state index is 13.4. The van der Waals surface area contributed by atoms with Crippen molar-refractivity contribution in [2.24, 2.45) is 0 Å². The summed E-state index contributed by atoms with van der Waals surface area (Å²) >= 11 is 1.27. The van der Waals surface area contributed by atoms with Gasteiger partial charge in [0.25, 0.3) is 11.8 Å². The molecule has 2 aromatic carbocycles. The maximum Gasteiger partial charge on any atom is 0.291 e. The smallest absolute Gasteiger partial charge is 0.291 e. The number of nitrogens with one attached hydrogen (secondary N) is 1. The summed E-state index contributed by atoms with van der Waals surface area (Å²) in [5.74, 6) is -0.184. The van der Waals surface area contributed by atoms with E-state index in [1.807, 2.05) is 62.4 Å². The Labute approximate surface area is 172 Å². The minimum atomic E-state index is -0.336. The molecule has 0 atom stereocenters. The fraction of sp³-hybridized carbons (Fsp3) is 0.130. The van der Waals surface area contributed by atoms with Crippen molar-refractivity contribution in [2.45, 2.75) is 13.8 Å². The molecule has 0 aliphatic rings. The van der Waals surface area contributed by atoms with Gasteiger partial charge in [-0.2, -0.15) is 0 Å². The highest BCUT2D eigenvalue weighted by Crippen LogP contribution is 2.32. The van der Waals surface area contributed by atoms with Crippen LogP contribution in [-0.4, -0.2) is 18.4 Å². The van der Waals surface area contributed by atoms with Crippen LogP contribution in [0, 0.1) is 6.92 Å². The van der Waals surface area contributed by atoms with Crippen LogP contribution in [0.15, 0.2) is 71.3 Å². The van der Waals surface area contributed by atoms with Gasteiger partial charge in [-0.15, -0.1) is 11.3 Å². The molecule has 146 valence electrons. The van der Waals surface area contributed by atoms with Crippen LogP contribution < -0.4 is 10.2 Å². The summed E-state index contributed by atoms with van der Waals surface area (Å²) in [6, 6.07) is 19.1. The minimum absolute atomic E-state index is 0.0788. The molecule has 2 aromatic heterocycles. The molecule has 0 fully saturated rings. The second kappa shape index (κ2) is 7.93. The van der Waals surface area contributed by atoms with E-state index in [4.69, 9.17) is 4.42 Å². The first-order chi connectivity index (χ1) is 14.1. The fourth-order valence-corrected chi connectivity index (χ4v) is 4.34. The lowest BCUT2D eigenvalue weighted by Gasteiger charge is -2.22. The monoisotopic (exact) mass is 404 g/mol. The van der Waals surface area contributed by atoms with Gasteiger partial charge in [0.2, 0.25) is 0 Å². The molecule has 2 heterocycles. The number of furan rings is 1. The molecule has 4 rings (SSSR count). The molecule has 1 N–H and O–H groups in total. The minimum Gasteiger partial charge on any atom is -0.459 e. The predicted octanol–water partition coefficient (Wildman–Crippen LogP) is 5.72. The Morgan fingerprint density at radius 3 is 2.62 bits per heavy atom. The van der Waals surface area contributed by atoms with Gasteiger partial charge in [0.05, 0.1) is 21.8 Å². The molecule has 0 unspecified atom stereocenters. The van der Waals surface area contributed by atoms with Crippen LogP contribution in [0.3, 0.4) is 0 Å². The Bertz CT molecular complexity index is 1170. The normalized spacial score (nSPS) is 10.8. The van der Waals surface area contributed by atoms with Crippen molar-refractivity contribution in [2.75, 3.05) is 16.8 Å². The van der Waals surface area contributed by atoms with Crippen LogP contribution in [0.2, 0.25) is 0 Å². The second-order valence-electron chi connectivity index (χ2n) is 6.60. The van der Waals surface area contributed by atoms with E-state index in [2.05, 4.69) is 5.32 Å². The number of nitrogens with zero attached hydrogens (tertiary/aromatic N) is 1. The van der Waals surface area contributed by atoms with Crippen molar-refractivity contribution in [3.63, 3.8) is 0 Å². The molecule has 2 amide bonds. The molecule has 0 bridgehead atoms. The van der Waals surface area contributed by atoms with Crippen molar-refractivity contribution >= 4 is 44.6 Å². The lowest BCUT2D eigenvalue weighted by molar-refractivity contribution is 0.0986. The summed E-state index contributed by atoms with van der Waals surface area (Å²) < 4.78 is 5.12. The largest absolute Gasteiger partial charge is 0.459 e. The Morgan fingerprint density at radius 2 is 1.86 bits per heavy atom. The van der Waals surface area contributed by atoms with E-state index in [0.717, 1.165) is 22.0 Å². The van der Waals surface area contributed by atoms with Crippen LogP contribution in [0.1, 0.15) is 32.7 Å². The summed E-state index contributed by atoms with van der Waals surface area (Å²) in [7, 11) is 0. The van der Waals surface area contributed by atoms with Crippen LogP contribution in [0.5, 0.6) is 0 Å². The number of fused-ring (bicyclic) bond motifs is 1. The maximum absolute atomic E-state index is 13.4. The highest BCUT2D eigenvalue weighted by atomic mass is 32.1. The highest BCUT2D eigenvalue weighted by Gasteiger charge is 2.23. The van der Waals surface area contributed by atoms with E-state index in [0.29, 0.717) is 16.4 Å². The van der Waals surface area contributed by atoms with Gasteiger partial charge < -0.3 is 14.6 Å². The number of carbonyl (C=O) groups excluding carboxylic acids is 2. The van der Waals surface area contributed by atoms with E-state index in [9.17, 15) is 9.59 Å². The summed E-state index contributed by atoms with van der Waals surface area (Å²) in [4.78, 5) is 28.0. The average molecular weight is 404 g/mol. The van der Waals surface area contributed by atoms with Crippen molar-refractivity contribution in [3.8, 4) is 0 Å². The van der Waals surface area contributed by atoms with Gasteiger partial charge in [-0.05, 0) is 49.1 Å². The van der Waals surface area contributed by atoms with E-state index >= 15 is 0 Å². The molecular weight excluding hydrogens is 384 g/mol. The highest BCUT2D eigenvalue weighted by molar-refractivity contribution is 7.18. The lowest BCUT2D eigenvalue weighted by Crippen LogP contribution is -2.30. The fourth-order valence-electron chi connectivity index (χ4n) is 3.33. The van der Waals surface area contributed by atoms with Crippen LogP contribution >= 0.6 is 11.3 Å². The zero-order chi connectivity index (χ0) is 20.4. The third-order valence-corrected chi connectivity index (χ3v) is 5.85. The molecule has 0 saturated carbocycles. The Kier molecular flexibility index (Phi) is 5.18. The SMILES string of the molecule is CCN(C(=O)c1sc(NC(=O)c2ccco2)cc1C)c1cccc2ccccc12. The standard InChI is InChI=1S/C23H20N2O3S/c1-3-25(18-11-6-9-16-8-4-5-10-17(16)18)23(27)21-15(2)14-20(29-21)24-22(26)19-12-7-13-28-19/h4-14H,3H2,1-2H3,(H,24,26). The van der Waals surface area contributed by atoms with Gasteiger partial charge in [0, 0.05) is 11.9 Å².